The Kier molecular flexibility index (Phi) is 5.84. The van der Waals surface area contributed by atoms with E-state index in [0.29, 0.717) is 32.8 Å². The molecule has 0 radical (unpaired) electrons. The number of aromatic carboxylic acids is 1. The van der Waals surface area contributed by atoms with Gasteiger partial charge in [-0.3, -0.25) is 9.69 Å². The fraction of sp³-hybridized carbons (Fsp3) is 0. The summed E-state index contributed by atoms with van der Waals surface area (Å²) in [4.78, 5) is 31.6. The number of hydrogen-bond donors (Lipinski definition) is 1. The van der Waals surface area contributed by atoms with Gasteiger partial charge in [-0.15, -0.1) is 0 Å². The quantitative estimate of drug-likeness (QED) is 0.342. The number of rotatable bonds is 5. The number of carbonyl (C=O) groups excluding carboxylic acids is 1. The second-order valence-corrected chi connectivity index (χ2v) is 8.38. The van der Waals surface area contributed by atoms with Crippen molar-refractivity contribution in [2.75, 3.05) is 4.90 Å². The van der Waals surface area contributed by atoms with Crippen molar-refractivity contribution in [2.24, 2.45) is 4.99 Å². The lowest BCUT2D eigenvalue weighted by atomic mass is 10.1. The number of benzene rings is 3. The van der Waals surface area contributed by atoms with Crippen LogP contribution in [0.25, 0.3) is 17.4 Å². The summed E-state index contributed by atoms with van der Waals surface area (Å²) in [5.41, 5.74) is 2.08. The number of nitrogens with zero attached hydrogens (tertiary/aromatic N) is 2. The Morgan fingerprint density at radius 1 is 0.882 bits per heavy atom. The molecule has 3 aromatic carbocycles. The predicted molar refractivity (Wildman–Crippen MR) is 134 cm³/mol. The summed E-state index contributed by atoms with van der Waals surface area (Å²) in [5.74, 6) is -0.387. The number of hydrogen-bond acceptors (Lipinski definition) is 5. The van der Waals surface area contributed by atoms with Crippen LogP contribution in [0.5, 0.6) is 0 Å². The summed E-state index contributed by atoms with van der Waals surface area (Å²) in [6.45, 7) is 0. The molecular weight excluding hydrogens is 448 g/mol. The monoisotopic (exact) mass is 466 g/mol. The molecule has 4 aromatic rings. The number of para-hydroxylation sites is 2. The molecule has 2 heterocycles. The number of anilines is 1. The second kappa shape index (κ2) is 9.25. The molecule has 166 valence electrons. The Hall–Kier alpha value is -4.36. The van der Waals surface area contributed by atoms with Crippen molar-refractivity contribution in [1.82, 2.24) is 0 Å². The van der Waals surface area contributed by atoms with Crippen LogP contribution in [0.4, 0.5) is 11.4 Å². The number of carbonyl (C=O) groups is 2. The first-order chi connectivity index (χ1) is 16.6. The summed E-state index contributed by atoms with van der Waals surface area (Å²) < 4.78 is 5.90. The summed E-state index contributed by atoms with van der Waals surface area (Å²) >= 11 is 1.26. The molecule has 1 saturated heterocycles. The average molecular weight is 467 g/mol. The number of aliphatic imine (C=N–C) groups is 1. The molecule has 0 saturated carbocycles. The Balaban J connectivity index is 1.51. The van der Waals surface area contributed by atoms with Crippen molar-refractivity contribution in [2.45, 2.75) is 0 Å². The molecular formula is C27H18N2O4S. The zero-order valence-corrected chi connectivity index (χ0v) is 18.6. The fourth-order valence-electron chi connectivity index (χ4n) is 3.56. The van der Waals surface area contributed by atoms with Crippen LogP contribution < -0.4 is 4.90 Å². The highest BCUT2D eigenvalue weighted by Gasteiger charge is 2.35. The van der Waals surface area contributed by atoms with Crippen LogP contribution in [-0.2, 0) is 4.79 Å². The third-order valence-corrected chi connectivity index (χ3v) is 6.09. The lowest BCUT2D eigenvalue weighted by molar-refractivity contribution is -0.113. The van der Waals surface area contributed by atoms with Gasteiger partial charge in [-0.25, -0.2) is 9.79 Å². The molecule has 1 fully saturated rings. The maximum atomic E-state index is 13.4. The summed E-state index contributed by atoms with van der Waals surface area (Å²) in [6.07, 6.45) is 1.66. The van der Waals surface area contributed by atoms with Crippen LogP contribution in [0.1, 0.15) is 16.1 Å². The fourth-order valence-corrected chi connectivity index (χ4v) is 4.54. The van der Waals surface area contributed by atoms with E-state index in [1.807, 2.05) is 60.7 Å². The summed E-state index contributed by atoms with van der Waals surface area (Å²) in [7, 11) is 0. The highest BCUT2D eigenvalue weighted by atomic mass is 32.2. The van der Waals surface area contributed by atoms with Crippen molar-refractivity contribution in [3.63, 3.8) is 0 Å². The van der Waals surface area contributed by atoms with E-state index in [0.717, 1.165) is 5.69 Å². The topological polar surface area (TPSA) is 83.1 Å². The normalized spacial score (nSPS) is 15.9. The third-order valence-electron chi connectivity index (χ3n) is 5.12. The Bertz CT molecular complexity index is 1430. The van der Waals surface area contributed by atoms with E-state index in [4.69, 9.17) is 4.42 Å². The van der Waals surface area contributed by atoms with Gasteiger partial charge in [0.05, 0.1) is 21.8 Å². The van der Waals surface area contributed by atoms with Gasteiger partial charge in [0.25, 0.3) is 5.91 Å². The van der Waals surface area contributed by atoms with E-state index in [1.165, 1.54) is 17.8 Å². The zero-order chi connectivity index (χ0) is 23.5. The number of carboxylic acids is 1. The van der Waals surface area contributed by atoms with Gasteiger partial charge in [-0.1, -0.05) is 54.6 Å². The van der Waals surface area contributed by atoms with Crippen molar-refractivity contribution in [1.29, 1.82) is 0 Å². The molecule has 0 bridgehead atoms. The first-order valence-electron chi connectivity index (χ1n) is 10.5. The van der Waals surface area contributed by atoms with Crippen LogP contribution in [0.2, 0.25) is 0 Å². The van der Waals surface area contributed by atoms with Crippen LogP contribution in [0.3, 0.4) is 0 Å². The van der Waals surface area contributed by atoms with Crippen LogP contribution in [0, 0.1) is 0 Å². The Labute approximate surface area is 199 Å². The minimum atomic E-state index is -1.03. The number of amides is 1. The molecule has 1 aliphatic rings. The summed E-state index contributed by atoms with van der Waals surface area (Å²) in [6, 6.07) is 28.8. The molecule has 0 atom stereocenters. The van der Waals surface area contributed by atoms with Crippen LogP contribution in [-0.4, -0.2) is 22.2 Å². The van der Waals surface area contributed by atoms with Gasteiger partial charge >= 0.3 is 5.97 Å². The lowest BCUT2D eigenvalue weighted by Crippen LogP contribution is -2.28. The minimum Gasteiger partial charge on any atom is -0.478 e. The van der Waals surface area contributed by atoms with Crippen molar-refractivity contribution in [3.8, 4) is 11.3 Å². The molecule has 1 N–H and O–H groups in total. The van der Waals surface area contributed by atoms with E-state index >= 15 is 0 Å². The van der Waals surface area contributed by atoms with E-state index in [2.05, 4.69) is 4.99 Å². The molecule has 1 amide bonds. The molecule has 0 unspecified atom stereocenters. The third kappa shape index (κ3) is 4.29. The molecule has 5 rings (SSSR count). The second-order valence-electron chi connectivity index (χ2n) is 7.37. The van der Waals surface area contributed by atoms with E-state index in [-0.39, 0.29) is 11.5 Å². The molecule has 7 heteroatoms. The number of thioether (sulfide) groups is 1. The van der Waals surface area contributed by atoms with Crippen molar-refractivity contribution < 1.29 is 19.1 Å². The average Bonchev–Trinajstić information content (AvgIpc) is 3.45. The molecule has 34 heavy (non-hydrogen) atoms. The maximum Gasteiger partial charge on any atom is 0.336 e. The van der Waals surface area contributed by atoms with Gasteiger partial charge < -0.3 is 9.52 Å². The predicted octanol–water partition coefficient (Wildman–Crippen LogP) is 6.45. The van der Waals surface area contributed by atoms with Crippen LogP contribution >= 0.6 is 11.8 Å². The van der Waals surface area contributed by atoms with E-state index in [1.54, 1.807) is 41.3 Å². The van der Waals surface area contributed by atoms with Gasteiger partial charge in [0.2, 0.25) is 0 Å². The van der Waals surface area contributed by atoms with Gasteiger partial charge in [0, 0.05) is 11.6 Å². The SMILES string of the molecule is O=C(O)c1ccccc1-c1ccc(/C=C2\S/C(=N\c3ccccc3)N(c3ccccc3)C2=O)o1. The standard InChI is InChI=1S/C27H18N2O4S/c30-25-24(17-20-15-16-23(33-20)21-13-7-8-14-22(21)26(31)32)34-27(28-18-9-3-1-4-10-18)29(25)19-11-5-2-6-12-19/h1-17H,(H,31,32)/b24-17-,28-27-. The molecule has 6 nitrogen and oxygen atoms in total. The molecule has 1 aliphatic heterocycles. The van der Waals surface area contributed by atoms with Gasteiger partial charge in [-0.05, 0) is 54.2 Å². The smallest absolute Gasteiger partial charge is 0.336 e. The molecule has 1 aromatic heterocycles. The first kappa shape index (κ1) is 21.5. The highest BCUT2D eigenvalue weighted by molar-refractivity contribution is 8.19. The Morgan fingerprint density at radius 2 is 1.56 bits per heavy atom. The first-order valence-corrected chi connectivity index (χ1v) is 11.3. The van der Waals surface area contributed by atoms with E-state index < -0.39 is 5.97 Å². The van der Waals surface area contributed by atoms with Crippen LogP contribution in [0.15, 0.2) is 111 Å². The van der Waals surface area contributed by atoms with E-state index in [9.17, 15) is 14.7 Å². The molecule has 0 aliphatic carbocycles. The maximum absolute atomic E-state index is 13.4. The van der Waals surface area contributed by atoms with Gasteiger partial charge in [0.1, 0.15) is 11.5 Å². The zero-order valence-electron chi connectivity index (χ0n) is 17.8. The largest absolute Gasteiger partial charge is 0.478 e. The molecule has 0 spiro atoms. The Morgan fingerprint density at radius 3 is 2.29 bits per heavy atom. The summed E-state index contributed by atoms with van der Waals surface area (Å²) in [5, 5.41) is 10.0. The number of carboxylic acid groups (broad SMARTS) is 1. The highest BCUT2D eigenvalue weighted by Crippen LogP contribution is 2.38. The van der Waals surface area contributed by atoms with Gasteiger partial charge in [0.15, 0.2) is 5.17 Å². The minimum absolute atomic E-state index is 0.148. The van der Waals surface area contributed by atoms with Gasteiger partial charge in [-0.2, -0.15) is 0 Å². The number of amidine groups is 1. The lowest BCUT2D eigenvalue weighted by Gasteiger charge is -2.15. The van der Waals surface area contributed by atoms with Crippen molar-refractivity contribution in [3.05, 3.63) is 113 Å². The van der Waals surface area contributed by atoms with Crippen molar-refractivity contribution >= 4 is 46.3 Å². The number of furan rings is 1.